The lowest BCUT2D eigenvalue weighted by Gasteiger charge is -2.05. The van der Waals surface area contributed by atoms with Crippen molar-refractivity contribution in [2.24, 2.45) is 5.92 Å². The van der Waals surface area contributed by atoms with Gasteiger partial charge in [-0.1, -0.05) is 0 Å². The third-order valence-electron chi connectivity index (χ3n) is 1.63. The highest BCUT2D eigenvalue weighted by Crippen LogP contribution is 2.29. The Balaban J connectivity index is 2.05. The number of hydrogen-bond donors (Lipinski definition) is 1. The quantitative estimate of drug-likeness (QED) is 0.637. The van der Waals surface area contributed by atoms with E-state index in [9.17, 15) is 4.79 Å². The van der Waals surface area contributed by atoms with E-state index in [0.717, 1.165) is 0 Å². The van der Waals surface area contributed by atoms with Gasteiger partial charge in [0.15, 0.2) is 6.10 Å². The van der Waals surface area contributed by atoms with Crippen LogP contribution in [0, 0.1) is 5.92 Å². The van der Waals surface area contributed by atoms with E-state index >= 15 is 0 Å². The topological polar surface area (TPSA) is 46.5 Å². The molecule has 0 saturated heterocycles. The van der Waals surface area contributed by atoms with Gasteiger partial charge in [0.25, 0.3) is 0 Å². The van der Waals surface area contributed by atoms with Crippen molar-refractivity contribution in [1.82, 2.24) is 0 Å². The zero-order valence-electron chi connectivity index (χ0n) is 6.04. The molecule has 3 nitrogen and oxygen atoms in total. The van der Waals surface area contributed by atoms with Gasteiger partial charge < -0.3 is 9.84 Å². The summed E-state index contributed by atoms with van der Waals surface area (Å²) in [6, 6.07) is 0. The van der Waals surface area contributed by atoms with Crippen molar-refractivity contribution in [2.75, 3.05) is 6.61 Å². The third kappa shape index (κ3) is 2.35. The fourth-order valence-electron chi connectivity index (χ4n) is 0.636. The minimum absolute atomic E-state index is 0.619. The average molecular weight is 144 g/mol. The predicted octanol–water partition coefficient (Wildman–Crippen LogP) is 0.886. The Morgan fingerprint density at radius 3 is 2.80 bits per heavy atom. The summed E-state index contributed by atoms with van der Waals surface area (Å²) in [5, 5.41) is 8.39. The molecular weight excluding hydrogens is 132 g/mol. The van der Waals surface area contributed by atoms with E-state index in [1.54, 1.807) is 6.92 Å². The van der Waals surface area contributed by atoms with Crippen molar-refractivity contribution in [2.45, 2.75) is 25.9 Å². The molecule has 1 aliphatic carbocycles. The maximum absolute atomic E-state index is 10.2. The van der Waals surface area contributed by atoms with Crippen molar-refractivity contribution in [1.29, 1.82) is 0 Å². The second-order valence-electron chi connectivity index (χ2n) is 2.76. The zero-order valence-corrected chi connectivity index (χ0v) is 6.04. The second kappa shape index (κ2) is 3.01. The van der Waals surface area contributed by atoms with Gasteiger partial charge in [0.05, 0.1) is 6.61 Å². The Hall–Kier alpha value is -0.570. The summed E-state index contributed by atoms with van der Waals surface area (Å²) in [4.78, 5) is 10.2. The van der Waals surface area contributed by atoms with E-state index in [-0.39, 0.29) is 0 Å². The van der Waals surface area contributed by atoms with Crippen LogP contribution in [0.2, 0.25) is 0 Å². The first-order chi connectivity index (χ1) is 4.70. The third-order valence-corrected chi connectivity index (χ3v) is 1.63. The summed E-state index contributed by atoms with van der Waals surface area (Å²) < 4.78 is 5.03. The molecule has 0 aromatic heterocycles. The van der Waals surface area contributed by atoms with E-state index in [1.165, 1.54) is 12.8 Å². The van der Waals surface area contributed by atoms with E-state index < -0.39 is 12.1 Å². The minimum atomic E-state index is -0.874. The Kier molecular flexibility index (Phi) is 2.27. The maximum atomic E-state index is 10.2. The summed E-state index contributed by atoms with van der Waals surface area (Å²) in [5.74, 6) is -0.234. The lowest BCUT2D eigenvalue weighted by Crippen LogP contribution is -2.20. The van der Waals surface area contributed by atoms with Crippen LogP contribution in [-0.4, -0.2) is 23.8 Å². The van der Waals surface area contributed by atoms with Crippen LogP contribution in [0.25, 0.3) is 0 Å². The smallest absolute Gasteiger partial charge is 0.332 e. The summed E-state index contributed by atoms with van der Waals surface area (Å²) in [6.07, 6.45) is 1.76. The van der Waals surface area contributed by atoms with Crippen molar-refractivity contribution in [3.05, 3.63) is 0 Å². The van der Waals surface area contributed by atoms with Crippen LogP contribution in [0.5, 0.6) is 0 Å². The standard InChI is InChI=1S/C7H12O3/c1-5(7(8)9)10-4-6-2-3-6/h5-6H,2-4H2,1H3,(H,8,9)/t5-/m0/s1. The van der Waals surface area contributed by atoms with Gasteiger partial charge in [0.1, 0.15) is 0 Å². The normalized spacial score (nSPS) is 20.5. The highest BCUT2D eigenvalue weighted by Gasteiger charge is 2.23. The SMILES string of the molecule is C[C@H](OCC1CC1)C(=O)O. The lowest BCUT2D eigenvalue weighted by molar-refractivity contribution is -0.149. The number of hydrogen-bond acceptors (Lipinski definition) is 2. The van der Waals surface area contributed by atoms with Gasteiger partial charge in [0.2, 0.25) is 0 Å². The molecule has 0 aliphatic heterocycles. The van der Waals surface area contributed by atoms with Crippen LogP contribution >= 0.6 is 0 Å². The first kappa shape index (κ1) is 7.54. The maximum Gasteiger partial charge on any atom is 0.332 e. The first-order valence-electron chi connectivity index (χ1n) is 3.54. The van der Waals surface area contributed by atoms with Crippen LogP contribution in [-0.2, 0) is 9.53 Å². The number of carboxylic acid groups (broad SMARTS) is 1. The number of carboxylic acids is 1. The fraction of sp³-hybridized carbons (Fsp3) is 0.857. The molecule has 0 bridgehead atoms. The summed E-state index contributed by atoms with van der Waals surface area (Å²) in [7, 11) is 0. The highest BCUT2D eigenvalue weighted by atomic mass is 16.5. The van der Waals surface area contributed by atoms with Crippen LogP contribution in [0.15, 0.2) is 0 Å². The summed E-state index contributed by atoms with van der Waals surface area (Å²) >= 11 is 0. The van der Waals surface area contributed by atoms with Gasteiger partial charge in [-0.3, -0.25) is 0 Å². The molecule has 0 radical (unpaired) electrons. The van der Waals surface area contributed by atoms with Crippen LogP contribution < -0.4 is 0 Å². The first-order valence-corrected chi connectivity index (χ1v) is 3.54. The predicted molar refractivity (Wildman–Crippen MR) is 35.8 cm³/mol. The molecular formula is C7H12O3. The minimum Gasteiger partial charge on any atom is -0.479 e. The Labute approximate surface area is 60.0 Å². The molecule has 0 heterocycles. The molecule has 0 aromatic rings. The number of ether oxygens (including phenoxy) is 1. The van der Waals surface area contributed by atoms with Crippen molar-refractivity contribution < 1.29 is 14.6 Å². The molecule has 10 heavy (non-hydrogen) atoms. The van der Waals surface area contributed by atoms with Gasteiger partial charge in [-0.15, -0.1) is 0 Å². The molecule has 0 amide bonds. The Morgan fingerprint density at radius 1 is 1.80 bits per heavy atom. The monoisotopic (exact) mass is 144 g/mol. The lowest BCUT2D eigenvalue weighted by atomic mass is 10.4. The van der Waals surface area contributed by atoms with Gasteiger partial charge in [-0.05, 0) is 25.7 Å². The largest absolute Gasteiger partial charge is 0.479 e. The summed E-state index contributed by atoms with van der Waals surface area (Å²) in [6.45, 7) is 2.18. The number of carbonyl (C=O) groups is 1. The average Bonchev–Trinajstić information content (AvgIpc) is 2.64. The van der Waals surface area contributed by atoms with E-state index in [0.29, 0.717) is 12.5 Å². The molecule has 0 aromatic carbocycles. The van der Waals surface area contributed by atoms with E-state index in [4.69, 9.17) is 9.84 Å². The molecule has 3 heteroatoms. The van der Waals surface area contributed by atoms with E-state index in [2.05, 4.69) is 0 Å². The van der Waals surface area contributed by atoms with Crippen LogP contribution in [0.3, 0.4) is 0 Å². The van der Waals surface area contributed by atoms with Crippen LogP contribution in [0.4, 0.5) is 0 Å². The van der Waals surface area contributed by atoms with Crippen molar-refractivity contribution in [3.63, 3.8) is 0 Å². The van der Waals surface area contributed by atoms with Gasteiger partial charge >= 0.3 is 5.97 Å². The van der Waals surface area contributed by atoms with Gasteiger partial charge in [-0.25, -0.2) is 4.79 Å². The molecule has 0 unspecified atom stereocenters. The number of aliphatic carboxylic acids is 1. The van der Waals surface area contributed by atoms with Crippen molar-refractivity contribution in [3.8, 4) is 0 Å². The van der Waals surface area contributed by atoms with Crippen molar-refractivity contribution >= 4 is 5.97 Å². The van der Waals surface area contributed by atoms with E-state index in [1.807, 2.05) is 0 Å². The Bertz CT molecular complexity index is 129. The Morgan fingerprint density at radius 2 is 2.40 bits per heavy atom. The second-order valence-corrected chi connectivity index (χ2v) is 2.76. The number of rotatable bonds is 4. The summed E-state index contributed by atoms with van der Waals surface area (Å²) in [5.41, 5.74) is 0. The molecule has 1 rings (SSSR count). The molecule has 1 fully saturated rings. The molecule has 1 N–H and O–H groups in total. The molecule has 0 spiro atoms. The molecule has 1 aliphatic rings. The van der Waals surface area contributed by atoms with Gasteiger partial charge in [0, 0.05) is 0 Å². The van der Waals surface area contributed by atoms with Crippen LogP contribution in [0.1, 0.15) is 19.8 Å². The molecule has 58 valence electrons. The fourth-order valence-corrected chi connectivity index (χ4v) is 0.636. The molecule has 1 atom stereocenters. The zero-order chi connectivity index (χ0) is 7.56. The highest BCUT2D eigenvalue weighted by molar-refractivity contribution is 5.71. The van der Waals surface area contributed by atoms with Gasteiger partial charge in [-0.2, -0.15) is 0 Å². The molecule has 1 saturated carbocycles.